The van der Waals surface area contributed by atoms with Gasteiger partial charge in [0.1, 0.15) is 12.5 Å². The van der Waals surface area contributed by atoms with Crippen LogP contribution in [0.1, 0.15) is 60.2 Å². The van der Waals surface area contributed by atoms with Gasteiger partial charge in [-0.2, -0.15) is 0 Å². The normalized spacial score (nSPS) is 24.4. The zero-order chi connectivity index (χ0) is 37.0. The van der Waals surface area contributed by atoms with Crippen molar-refractivity contribution >= 4 is 47.3 Å². The SMILES string of the molecule is CC1COC(N)CC1O.CC1COC(NC(=O)Nc2ccc(C(=O)O)cc2)CC1O.O=C(Nc1ccc(C(=O)O)cc1)ON1C(=O)CCC1=O. The maximum absolute atomic E-state index is 11.8. The number of carboxylic acids is 2. The number of carbonyl (C=O) groups is 6. The second-order valence-electron chi connectivity index (χ2n) is 11.7. The number of benzene rings is 2. The number of anilines is 2. The molecule has 0 aliphatic carbocycles. The number of amides is 5. The molecule has 3 saturated heterocycles. The molecule has 0 aromatic heterocycles. The fraction of sp³-hybridized carbons (Fsp3) is 0.438. The fourth-order valence-electron chi connectivity index (χ4n) is 4.51. The van der Waals surface area contributed by atoms with Crippen molar-refractivity contribution in [3.63, 3.8) is 0 Å². The average molecular weight is 704 g/mol. The second-order valence-corrected chi connectivity index (χ2v) is 11.7. The maximum Gasteiger partial charge on any atom is 0.436 e. The number of hydroxylamine groups is 2. The first-order chi connectivity index (χ1) is 23.6. The number of aromatic carboxylic acids is 2. The summed E-state index contributed by atoms with van der Waals surface area (Å²) in [4.78, 5) is 71.7. The van der Waals surface area contributed by atoms with Crippen molar-refractivity contribution in [2.24, 2.45) is 17.6 Å². The van der Waals surface area contributed by atoms with Gasteiger partial charge >= 0.3 is 24.1 Å². The summed E-state index contributed by atoms with van der Waals surface area (Å²) in [5.74, 6) is -2.98. The molecule has 0 radical (unpaired) electrons. The van der Waals surface area contributed by atoms with Gasteiger partial charge in [0, 0.05) is 48.9 Å². The molecule has 6 unspecified atom stereocenters. The van der Waals surface area contributed by atoms with E-state index < -0.39 is 48.2 Å². The molecule has 0 bridgehead atoms. The molecule has 5 amide bonds. The molecule has 18 heteroatoms. The smallest absolute Gasteiger partial charge is 0.436 e. The van der Waals surface area contributed by atoms with E-state index in [2.05, 4.69) is 20.8 Å². The third-order valence-electron chi connectivity index (χ3n) is 7.62. The largest absolute Gasteiger partial charge is 0.478 e. The number of aliphatic hydroxyl groups excluding tert-OH is 2. The van der Waals surface area contributed by atoms with Crippen molar-refractivity contribution in [2.45, 2.75) is 64.2 Å². The van der Waals surface area contributed by atoms with E-state index in [1.807, 2.05) is 13.8 Å². The molecule has 3 aliphatic rings. The minimum atomic E-state index is -1.09. The number of carboxylic acid groups (broad SMARTS) is 2. The minimum absolute atomic E-state index is 0.0133. The van der Waals surface area contributed by atoms with Gasteiger partial charge in [0.05, 0.1) is 36.5 Å². The molecule has 272 valence electrons. The molecular formula is C32H41N5O13. The molecule has 3 aliphatic heterocycles. The van der Waals surface area contributed by atoms with Gasteiger partial charge < -0.3 is 51.1 Å². The van der Waals surface area contributed by atoms with Gasteiger partial charge in [-0.05, 0) is 48.5 Å². The molecular weight excluding hydrogens is 662 g/mol. The van der Waals surface area contributed by atoms with Crippen LogP contribution in [0.2, 0.25) is 0 Å². The Morgan fingerprint density at radius 2 is 1.22 bits per heavy atom. The van der Waals surface area contributed by atoms with E-state index in [-0.39, 0.29) is 53.8 Å². The van der Waals surface area contributed by atoms with Crippen LogP contribution >= 0.6 is 0 Å². The van der Waals surface area contributed by atoms with Crippen LogP contribution < -0.4 is 21.7 Å². The Hall–Kier alpha value is -5.14. The van der Waals surface area contributed by atoms with Crippen molar-refractivity contribution in [2.75, 3.05) is 23.8 Å². The van der Waals surface area contributed by atoms with Crippen LogP contribution in [0.4, 0.5) is 21.0 Å². The average Bonchev–Trinajstić information content (AvgIpc) is 3.38. The molecule has 0 spiro atoms. The van der Waals surface area contributed by atoms with E-state index in [4.69, 9.17) is 25.4 Å². The number of ether oxygens (including phenoxy) is 2. The number of aliphatic hydroxyl groups is 2. The lowest BCUT2D eigenvalue weighted by molar-refractivity contribution is -0.170. The molecule has 18 nitrogen and oxygen atoms in total. The van der Waals surface area contributed by atoms with Crippen LogP contribution in [0.15, 0.2) is 48.5 Å². The predicted octanol–water partition coefficient (Wildman–Crippen LogP) is 1.94. The summed E-state index contributed by atoms with van der Waals surface area (Å²) in [5.41, 5.74) is 6.37. The number of nitrogens with one attached hydrogen (secondary N) is 3. The van der Waals surface area contributed by atoms with Crippen molar-refractivity contribution in [3.05, 3.63) is 59.7 Å². The monoisotopic (exact) mass is 703 g/mol. The van der Waals surface area contributed by atoms with Gasteiger partial charge in [0.25, 0.3) is 11.8 Å². The lowest BCUT2D eigenvalue weighted by Crippen LogP contribution is -2.47. The Kier molecular flexibility index (Phi) is 14.6. The van der Waals surface area contributed by atoms with Crippen LogP contribution in [-0.2, 0) is 23.9 Å². The summed E-state index contributed by atoms with van der Waals surface area (Å²) in [7, 11) is 0. The van der Waals surface area contributed by atoms with Crippen LogP contribution in [0, 0.1) is 11.8 Å². The zero-order valence-corrected chi connectivity index (χ0v) is 27.3. The Morgan fingerprint density at radius 3 is 1.66 bits per heavy atom. The van der Waals surface area contributed by atoms with E-state index in [0.717, 1.165) is 0 Å². The molecule has 6 atom stereocenters. The molecule has 3 heterocycles. The number of carbonyl (C=O) groups excluding carboxylic acids is 4. The Bertz CT molecular complexity index is 1490. The quantitative estimate of drug-likeness (QED) is 0.200. The molecule has 3 fully saturated rings. The van der Waals surface area contributed by atoms with Crippen LogP contribution in [0.25, 0.3) is 0 Å². The first-order valence-corrected chi connectivity index (χ1v) is 15.6. The van der Waals surface area contributed by atoms with Crippen molar-refractivity contribution < 1.29 is 63.5 Å². The van der Waals surface area contributed by atoms with Gasteiger partial charge in [-0.15, -0.1) is 5.06 Å². The topological polar surface area (TPSA) is 276 Å². The van der Waals surface area contributed by atoms with Crippen LogP contribution in [0.5, 0.6) is 0 Å². The van der Waals surface area contributed by atoms with Gasteiger partial charge in [0.2, 0.25) is 0 Å². The summed E-state index contributed by atoms with van der Waals surface area (Å²) in [5, 5.41) is 44.3. The summed E-state index contributed by atoms with van der Waals surface area (Å²) in [6.45, 7) is 4.81. The van der Waals surface area contributed by atoms with E-state index in [0.29, 0.717) is 36.8 Å². The summed E-state index contributed by atoms with van der Waals surface area (Å²) in [6, 6.07) is 10.7. The van der Waals surface area contributed by atoms with E-state index in [1.165, 1.54) is 48.5 Å². The predicted molar refractivity (Wildman–Crippen MR) is 173 cm³/mol. The number of hydrogen-bond donors (Lipinski definition) is 8. The highest BCUT2D eigenvalue weighted by Crippen LogP contribution is 2.19. The number of nitrogens with two attached hydrogens (primary N) is 1. The van der Waals surface area contributed by atoms with E-state index in [9.17, 15) is 39.0 Å². The van der Waals surface area contributed by atoms with Gasteiger partial charge in [-0.25, -0.2) is 19.2 Å². The van der Waals surface area contributed by atoms with Crippen molar-refractivity contribution in [1.29, 1.82) is 0 Å². The number of urea groups is 1. The minimum Gasteiger partial charge on any atom is -0.478 e. The summed E-state index contributed by atoms with van der Waals surface area (Å²) in [6.07, 6.45) is -1.62. The van der Waals surface area contributed by atoms with Crippen LogP contribution in [0.3, 0.4) is 0 Å². The zero-order valence-electron chi connectivity index (χ0n) is 27.3. The molecule has 5 rings (SSSR count). The van der Waals surface area contributed by atoms with E-state index >= 15 is 0 Å². The summed E-state index contributed by atoms with van der Waals surface area (Å²) >= 11 is 0. The Labute approximate surface area is 286 Å². The Morgan fingerprint density at radius 1 is 0.760 bits per heavy atom. The molecule has 2 aromatic rings. The third kappa shape index (κ3) is 12.4. The molecule has 9 N–H and O–H groups in total. The standard InChI is InChI=1S/C14H18N2O5.C12H10N2O6.C6H13NO2/c1-8-7-21-12(6-11(8)17)16-14(20)15-10-4-2-9(3-5-10)13(18)19;15-9-5-6-10(16)14(9)20-12(19)13-8-3-1-7(2-4-8)11(17)18;1-4-3-9-6(7)2-5(4)8/h2-5,8,11-12,17H,6-7H2,1H3,(H,18,19)(H2,15,16,20);1-4H,5-6H2,(H,13,19)(H,17,18);4-6,8H,2-3,7H2,1H3. The molecule has 0 saturated carbocycles. The number of hydrogen-bond acceptors (Lipinski definition) is 12. The van der Waals surface area contributed by atoms with E-state index in [1.54, 1.807) is 0 Å². The lowest BCUT2D eigenvalue weighted by Gasteiger charge is -2.31. The first kappa shape index (κ1) is 39.3. The fourth-order valence-corrected chi connectivity index (χ4v) is 4.51. The highest BCUT2D eigenvalue weighted by atomic mass is 16.7. The Balaban J connectivity index is 0.000000218. The van der Waals surface area contributed by atoms with Gasteiger partial charge in [-0.3, -0.25) is 14.9 Å². The summed E-state index contributed by atoms with van der Waals surface area (Å²) < 4.78 is 10.5. The third-order valence-corrected chi connectivity index (χ3v) is 7.62. The number of imide groups is 1. The van der Waals surface area contributed by atoms with Crippen molar-refractivity contribution in [1.82, 2.24) is 10.4 Å². The highest BCUT2D eigenvalue weighted by Gasteiger charge is 2.33. The highest BCUT2D eigenvalue weighted by molar-refractivity contribution is 6.02. The van der Waals surface area contributed by atoms with Gasteiger partial charge in [-0.1, -0.05) is 13.8 Å². The second kappa shape index (κ2) is 18.6. The first-order valence-electron chi connectivity index (χ1n) is 15.6. The molecule has 2 aromatic carbocycles. The number of rotatable bonds is 6. The van der Waals surface area contributed by atoms with Crippen molar-refractivity contribution in [3.8, 4) is 0 Å². The number of nitrogens with zero attached hydrogens (tertiary/aromatic N) is 1. The maximum atomic E-state index is 11.8. The van der Waals surface area contributed by atoms with Gasteiger partial charge in [0.15, 0.2) is 0 Å². The molecule has 50 heavy (non-hydrogen) atoms. The van der Waals surface area contributed by atoms with Crippen LogP contribution in [-0.4, -0.2) is 99.2 Å². The lowest BCUT2D eigenvalue weighted by atomic mass is 10.00.